The fourth-order valence-electron chi connectivity index (χ4n) is 4.27. The van der Waals surface area contributed by atoms with E-state index in [1.54, 1.807) is 55.3 Å². The third kappa shape index (κ3) is 5.50. The van der Waals surface area contributed by atoms with Gasteiger partial charge in [0.05, 0.1) is 34.5 Å². The van der Waals surface area contributed by atoms with Crippen LogP contribution in [0.3, 0.4) is 0 Å². The van der Waals surface area contributed by atoms with Crippen molar-refractivity contribution in [2.24, 2.45) is 0 Å². The van der Waals surface area contributed by atoms with E-state index in [0.717, 1.165) is 15.8 Å². The standard InChI is InChI=1S/C30H27N3O4S2/c1-3-33(24-12-8-5-9-13-24)39(35,36)26-17-14-23(15-18-26)29(34)32(21-22-10-6-4-7-11-22)30-31-27-20-25(37-2)16-19-28(27)38-30/h4-20H,3,21H2,1-2H3. The molecule has 5 rings (SSSR count). The summed E-state index contributed by atoms with van der Waals surface area (Å²) in [6, 6.07) is 30.3. The molecule has 1 amide bonds. The van der Waals surface area contributed by atoms with E-state index in [9.17, 15) is 13.2 Å². The Kier molecular flexibility index (Phi) is 7.63. The minimum Gasteiger partial charge on any atom is -0.497 e. The Bertz CT molecular complexity index is 1690. The molecule has 4 aromatic carbocycles. The zero-order valence-electron chi connectivity index (χ0n) is 21.5. The number of hydrogen-bond acceptors (Lipinski definition) is 6. The summed E-state index contributed by atoms with van der Waals surface area (Å²) < 4.78 is 34.4. The fraction of sp³-hybridized carbons (Fsp3) is 0.133. The Hall–Kier alpha value is -4.21. The third-order valence-corrected chi connectivity index (χ3v) is 9.24. The lowest BCUT2D eigenvalue weighted by molar-refractivity contribution is 0.0985. The number of carbonyl (C=O) groups excluding carboxylic acids is 1. The zero-order chi connectivity index (χ0) is 27.4. The van der Waals surface area contributed by atoms with Crippen LogP contribution in [-0.2, 0) is 16.6 Å². The number of benzene rings is 4. The molecule has 7 nitrogen and oxygen atoms in total. The third-order valence-electron chi connectivity index (χ3n) is 6.26. The summed E-state index contributed by atoms with van der Waals surface area (Å²) in [4.78, 5) is 20.3. The van der Waals surface area contributed by atoms with E-state index in [1.165, 1.54) is 27.8 Å². The highest BCUT2D eigenvalue weighted by atomic mass is 32.2. The van der Waals surface area contributed by atoms with E-state index in [0.29, 0.717) is 28.7 Å². The smallest absolute Gasteiger partial charge is 0.264 e. The number of nitrogens with zero attached hydrogens (tertiary/aromatic N) is 3. The number of fused-ring (bicyclic) bond motifs is 1. The van der Waals surface area contributed by atoms with Crippen molar-refractivity contribution in [2.75, 3.05) is 22.9 Å². The molecule has 0 bridgehead atoms. The summed E-state index contributed by atoms with van der Waals surface area (Å²) in [6.45, 7) is 2.38. The number of methoxy groups -OCH3 is 1. The van der Waals surface area contributed by atoms with Gasteiger partial charge >= 0.3 is 0 Å². The van der Waals surface area contributed by atoms with Crippen LogP contribution >= 0.6 is 11.3 Å². The lowest BCUT2D eigenvalue weighted by Crippen LogP contribution is -2.31. The summed E-state index contributed by atoms with van der Waals surface area (Å²) in [5, 5.41) is 0.546. The van der Waals surface area contributed by atoms with Gasteiger partial charge in [0.15, 0.2) is 5.13 Å². The van der Waals surface area contributed by atoms with E-state index < -0.39 is 10.0 Å². The first kappa shape index (κ1) is 26.4. The summed E-state index contributed by atoms with van der Waals surface area (Å²) in [5.41, 5.74) is 2.64. The van der Waals surface area contributed by atoms with E-state index in [1.807, 2.05) is 54.6 Å². The number of para-hydroxylation sites is 1. The Balaban J connectivity index is 1.48. The van der Waals surface area contributed by atoms with Crippen molar-refractivity contribution in [1.29, 1.82) is 0 Å². The molecule has 0 spiro atoms. The van der Waals surface area contributed by atoms with Gasteiger partial charge in [-0.25, -0.2) is 13.4 Å². The quantitative estimate of drug-likeness (QED) is 0.211. The molecule has 9 heteroatoms. The topological polar surface area (TPSA) is 79.8 Å². The number of aromatic nitrogens is 1. The van der Waals surface area contributed by atoms with E-state index in [4.69, 9.17) is 9.72 Å². The minimum absolute atomic E-state index is 0.117. The van der Waals surface area contributed by atoms with Crippen molar-refractivity contribution >= 4 is 48.3 Å². The van der Waals surface area contributed by atoms with Gasteiger partial charge in [-0.1, -0.05) is 59.9 Å². The highest BCUT2D eigenvalue weighted by molar-refractivity contribution is 7.92. The van der Waals surface area contributed by atoms with Gasteiger partial charge in [-0.05, 0) is 61.0 Å². The monoisotopic (exact) mass is 557 g/mol. The van der Waals surface area contributed by atoms with Crippen molar-refractivity contribution in [3.63, 3.8) is 0 Å². The molecular formula is C30H27N3O4S2. The van der Waals surface area contributed by atoms with Gasteiger partial charge in [0.2, 0.25) is 0 Å². The van der Waals surface area contributed by atoms with Crippen molar-refractivity contribution < 1.29 is 17.9 Å². The molecule has 0 saturated heterocycles. The first-order valence-corrected chi connectivity index (χ1v) is 14.6. The number of ether oxygens (including phenoxy) is 1. The minimum atomic E-state index is -3.81. The molecular weight excluding hydrogens is 530 g/mol. The molecule has 5 aromatic rings. The Morgan fingerprint density at radius 2 is 1.56 bits per heavy atom. The molecule has 0 saturated carbocycles. The summed E-state index contributed by atoms with van der Waals surface area (Å²) in [5.74, 6) is 0.415. The second-order valence-corrected chi connectivity index (χ2v) is 11.6. The van der Waals surface area contributed by atoms with Gasteiger partial charge in [-0.2, -0.15) is 0 Å². The van der Waals surface area contributed by atoms with Crippen LogP contribution in [0.15, 0.2) is 108 Å². The number of carbonyl (C=O) groups is 1. The second-order valence-electron chi connectivity index (χ2n) is 8.74. The molecule has 39 heavy (non-hydrogen) atoms. The van der Waals surface area contributed by atoms with Crippen LogP contribution < -0.4 is 13.9 Å². The second kappa shape index (κ2) is 11.3. The molecule has 1 heterocycles. The molecule has 0 aliphatic carbocycles. The average Bonchev–Trinajstić information content (AvgIpc) is 3.40. The maximum Gasteiger partial charge on any atom is 0.264 e. The van der Waals surface area contributed by atoms with Crippen LogP contribution in [0.4, 0.5) is 10.8 Å². The van der Waals surface area contributed by atoms with Crippen molar-refractivity contribution in [2.45, 2.75) is 18.4 Å². The molecule has 0 atom stereocenters. The van der Waals surface area contributed by atoms with E-state index in [2.05, 4.69) is 0 Å². The number of thiazole rings is 1. The first-order chi connectivity index (χ1) is 18.9. The summed E-state index contributed by atoms with van der Waals surface area (Å²) in [7, 11) is -2.20. The fourth-order valence-corrected chi connectivity index (χ4v) is 6.69. The van der Waals surface area contributed by atoms with Crippen LogP contribution in [0.25, 0.3) is 10.2 Å². The number of amides is 1. The van der Waals surface area contributed by atoms with E-state index >= 15 is 0 Å². The largest absolute Gasteiger partial charge is 0.497 e. The highest BCUT2D eigenvalue weighted by Gasteiger charge is 2.26. The number of anilines is 2. The zero-order valence-corrected chi connectivity index (χ0v) is 23.2. The Morgan fingerprint density at radius 1 is 0.897 bits per heavy atom. The highest BCUT2D eigenvalue weighted by Crippen LogP contribution is 2.33. The van der Waals surface area contributed by atoms with Crippen LogP contribution in [0.5, 0.6) is 5.75 Å². The Morgan fingerprint density at radius 3 is 2.21 bits per heavy atom. The first-order valence-electron chi connectivity index (χ1n) is 12.4. The molecule has 0 unspecified atom stereocenters. The van der Waals surface area contributed by atoms with Crippen LogP contribution in [-0.4, -0.2) is 33.0 Å². The van der Waals surface area contributed by atoms with Gasteiger partial charge in [-0.3, -0.25) is 14.0 Å². The molecule has 0 N–H and O–H groups in total. The van der Waals surface area contributed by atoms with Gasteiger partial charge in [-0.15, -0.1) is 0 Å². The molecule has 0 aliphatic rings. The van der Waals surface area contributed by atoms with Crippen molar-refractivity contribution in [3.8, 4) is 5.75 Å². The normalized spacial score (nSPS) is 11.3. The van der Waals surface area contributed by atoms with Crippen LogP contribution in [0, 0.1) is 0 Å². The lowest BCUT2D eigenvalue weighted by atomic mass is 10.1. The summed E-state index contributed by atoms with van der Waals surface area (Å²) >= 11 is 1.41. The van der Waals surface area contributed by atoms with Crippen LogP contribution in [0.1, 0.15) is 22.8 Å². The molecule has 198 valence electrons. The van der Waals surface area contributed by atoms with Crippen molar-refractivity contribution in [3.05, 3.63) is 114 Å². The van der Waals surface area contributed by atoms with Gasteiger partial charge < -0.3 is 4.74 Å². The number of sulfonamides is 1. The van der Waals surface area contributed by atoms with Gasteiger partial charge in [0.1, 0.15) is 5.75 Å². The molecule has 0 radical (unpaired) electrons. The maximum absolute atomic E-state index is 13.8. The lowest BCUT2D eigenvalue weighted by Gasteiger charge is -2.23. The van der Waals surface area contributed by atoms with E-state index in [-0.39, 0.29) is 17.3 Å². The summed E-state index contributed by atoms with van der Waals surface area (Å²) in [6.07, 6.45) is 0. The number of hydrogen-bond donors (Lipinski definition) is 0. The molecule has 0 fully saturated rings. The molecule has 0 aliphatic heterocycles. The maximum atomic E-state index is 13.8. The number of rotatable bonds is 9. The van der Waals surface area contributed by atoms with Gasteiger partial charge in [0, 0.05) is 18.2 Å². The predicted octanol–water partition coefficient (Wildman–Crippen LogP) is 6.37. The van der Waals surface area contributed by atoms with Crippen molar-refractivity contribution in [1.82, 2.24) is 4.98 Å². The van der Waals surface area contributed by atoms with Gasteiger partial charge in [0.25, 0.3) is 15.9 Å². The average molecular weight is 558 g/mol. The predicted molar refractivity (Wildman–Crippen MR) is 156 cm³/mol. The van der Waals surface area contributed by atoms with Crippen LogP contribution in [0.2, 0.25) is 0 Å². The SMILES string of the molecule is CCN(c1ccccc1)S(=O)(=O)c1ccc(C(=O)N(Cc2ccccc2)c2nc3cc(OC)ccc3s2)cc1. The molecule has 1 aromatic heterocycles. The Labute approximate surface area is 232 Å².